The summed E-state index contributed by atoms with van der Waals surface area (Å²) in [6.45, 7) is 4.77. The van der Waals surface area contributed by atoms with Crippen LogP contribution in [0.25, 0.3) is 0 Å². The summed E-state index contributed by atoms with van der Waals surface area (Å²) in [5.74, 6) is 1.25. The molecule has 0 saturated carbocycles. The maximum Gasteiger partial charge on any atom is 0.136 e. The van der Waals surface area contributed by atoms with Crippen LogP contribution in [0.1, 0.15) is 22.3 Å². The first-order valence-electron chi connectivity index (χ1n) is 6.53. The monoisotopic (exact) mass is 312 g/mol. The minimum atomic E-state index is 0.417. The van der Waals surface area contributed by atoms with E-state index >= 15 is 0 Å². The quantitative estimate of drug-likeness (QED) is 0.862. The van der Waals surface area contributed by atoms with Crippen molar-refractivity contribution >= 4 is 28.3 Å². The van der Waals surface area contributed by atoms with Crippen LogP contribution in [0.3, 0.4) is 0 Å². The first kappa shape index (κ1) is 17.3. The number of aromatic hydroxyl groups is 1. The highest BCUT2D eigenvalue weighted by Crippen LogP contribution is 2.31. The zero-order valence-electron chi connectivity index (χ0n) is 13.1. The molecular formula is C15H24N2OS2. The Morgan fingerprint density at radius 1 is 1.15 bits per heavy atom. The lowest BCUT2D eigenvalue weighted by atomic mass is 9.99. The van der Waals surface area contributed by atoms with Crippen LogP contribution < -0.4 is 0 Å². The van der Waals surface area contributed by atoms with Gasteiger partial charge in [0.25, 0.3) is 0 Å². The fourth-order valence-electron chi connectivity index (χ4n) is 1.93. The maximum absolute atomic E-state index is 10.2. The van der Waals surface area contributed by atoms with Crippen LogP contribution >= 0.6 is 24.0 Å². The van der Waals surface area contributed by atoms with Crippen molar-refractivity contribution in [3.8, 4) is 5.75 Å². The van der Waals surface area contributed by atoms with Gasteiger partial charge in [-0.25, -0.2) is 0 Å². The number of hydrogen-bond donors (Lipinski definition) is 1. The van der Waals surface area contributed by atoms with Crippen molar-refractivity contribution < 1.29 is 5.11 Å². The van der Waals surface area contributed by atoms with E-state index in [0.717, 1.165) is 33.3 Å². The number of benzene rings is 1. The van der Waals surface area contributed by atoms with Gasteiger partial charge in [0.1, 0.15) is 10.1 Å². The smallest absolute Gasteiger partial charge is 0.136 e. The van der Waals surface area contributed by atoms with Gasteiger partial charge in [-0.2, -0.15) is 0 Å². The number of hydrogen-bond acceptors (Lipinski definition) is 4. The zero-order valence-corrected chi connectivity index (χ0v) is 14.8. The summed E-state index contributed by atoms with van der Waals surface area (Å²) < 4.78 is 0.879. The number of nitrogens with zero attached hydrogens (tertiary/aromatic N) is 2. The second kappa shape index (κ2) is 7.29. The van der Waals surface area contributed by atoms with E-state index in [2.05, 4.69) is 17.9 Å². The normalized spacial score (nSPS) is 10.9. The summed E-state index contributed by atoms with van der Waals surface area (Å²) >= 11 is 6.97. The molecule has 0 saturated heterocycles. The lowest BCUT2D eigenvalue weighted by Crippen LogP contribution is -2.16. The average Bonchev–Trinajstić information content (AvgIpc) is 2.37. The molecule has 5 heteroatoms. The van der Waals surface area contributed by atoms with Crippen LogP contribution in [-0.2, 0) is 12.3 Å². The molecule has 0 aliphatic rings. The van der Waals surface area contributed by atoms with Gasteiger partial charge >= 0.3 is 0 Å². The summed E-state index contributed by atoms with van der Waals surface area (Å²) in [6, 6.07) is 2.10. The van der Waals surface area contributed by atoms with Crippen LogP contribution in [0, 0.1) is 13.8 Å². The molecule has 0 aliphatic heterocycles. The molecule has 0 aliphatic carbocycles. The Kier molecular flexibility index (Phi) is 6.30. The molecule has 1 rings (SSSR count). The van der Waals surface area contributed by atoms with Crippen LogP contribution in [0.15, 0.2) is 6.07 Å². The van der Waals surface area contributed by atoms with Crippen molar-refractivity contribution in [3.05, 3.63) is 28.3 Å². The fraction of sp³-hybridized carbons (Fsp3) is 0.533. The highest BCUT2D eigenvalue weighted by molar-refractivity contribution is 8.22. The van der Waals surface area contributed by atoms with Gasteiger partial charge in [0, 0.05) is 32.0 Å². The second-order valence-corrected chi connectivity index (χ2v) is 7.09. The largest absolute Gasteiger partial charge is 0.507 e. The summed E-state index contributed by atoms with van der Waals surface area (Å²) in [4.78, 5) is 4.01. The van der Waals surface area contributed by atoms with Crippen molar-refractivity contribution in [2.45, 2.75) is 26.1 Å². The average molecular weight is 313 g/mol. The van der Waals surface area contributed by atoms with Gasteiger partial charge in [-0.3, -0.25) is 0 Å². The summed E-state index contributed by atoms with van der Waals surface area (Å²) in [6.07, 6.45) is 0. The summed E-state index contributed by atoms with van der Waals surface area (Å²) in [5.41, 5.74) is 4.34. The first-order valence-corrected chi connectivity index (χ1v) is 7.93. The van der Waals surface area contributed by atoms with Gasteiger partial charge in [0.2, 0.25) is 0 Å². The van der Waals surface area contributed by atoms with Gasteiger partial charge in [-0.15, -0.1) is 0 Å². The molecule has 112 valence electrons. The molecule has 0 aromatic heterocycles. The van der Waals surface area contributed by atoms with Gasteiger partial charge in [-0.05, 0) is 50.7 Å². The Balaban J connectivity index is 3.01. The van der Waals surface area contributed by atoms with Gasteiger partial charge in [-0.1, -0.05) is 24.0 Å². The Hall–Kier alpha value is -0.780. The molecule has 0 fully saturated rings. The predicted molar refractivity (Wildman–Crippen MR) is 92.6 cm³/mol. The molecule has 0 amide bonds. The third kappa shape index (κ3) is 4.36. The molecule has 1 aromatic rings. The van der Waals surface area contributed by atoms with Crippen molar-refractivity contribution in [1.82, 2.24) is 9.80 Å². The second-order valence-electron chi connectivity index (χ2n) is 5.48. The van der Waals surface area contributed by atoms with Gasteiger partial charge in [0.05, 0.1) is 0 Å². The molecule has 0 atom stereocenters. The van der Waals surface area contributed by atoms with E-state index in [-0.39, 0.29) is 0 Å². The van der Waals surface area contributed by atoms with E-state index in [0.29, 0.717) is 5.75 Å². The highest BCUT2D eigenvalue weighted by Gasteiger charge is 2.13. The van der Waals surface area contributed by atoms with E-state index in [1.165, 1.54) is 5.56 Å². The summed E-state index contributed by atoms with van der Waals surface area (Å²) in [7, 11) is 7.93. The number of thiocarbonyl (C=S) groups is 1. The number of phenols is 1. The standard InChI is InChI=1S/C15H24N2OS2/c1-10-11(2)14(18)12(8-16(3)4)7-13(10)9-20-15(19)17(5)6/h7,18H,8-9H2,1-6H3. The third-order valence-corrected chi connectivity index (χ3v) is 5.04. The molecule has 1 aromatic carbocycles. The number of rotatable bonds is 4. The maximum atomic E-state index is 10.2. The molecule has 0 heterocycles. The number of thioether (sulfide) groups is 1. The third-order valence-electron chi connectivity index (χ3n) is 3.25. The van der Waals surface area contributed by atoms with Crippen molar-refractivity contribution in [2.24, 2.45) is 0 Å². The Labute approximate surface area is 132 Å². The van der Waals surface area contributed by atoms with Crippen molar-refractivity contribution in [1.29, 1.82) is 0 Å². The minimum Gasteiger partial charge on any atom is -0.507 e. The molecular weight excluding hydrogens is 288 g/mol. The Bertz CT molecular complexity index is 499. The predicted octanol–water partition coefficient (Wildman–Crippen LogP) is 3.15. The fourth-order valence-corrected chi connectivity index (χ4v) is 2.94. The zero-order chi connectivity index (χ0) is 15.4. The molecule has 0 radical (unpaired) electrons. The lowest BCUT2D eigenvalue weighted by Gasteiger charge is -2.18. The van der Waals surface area contributed by atoms with Gasteiger partial charge in [0.15, 0.2) is 0 Å². The SMILES string of the molecule is Cc1c(CSC(=S)N(C)C)cc(CN(C)C)c(O)c1C. The molecule has 20 heavy (non-hydrogen) atoms. The number of phenolic OH excluding ortho intramolecular Hbond substituents is 1. The van der Waals surface area contributed by atoms with Crippen molar-refractivity contribution in [2.75, 3.05) is 28.2 Å². The molecule has 1 N–H and O–H groups in total. The molecule has 0 spiro atoms. The van der Waals surface area contributed by atoms with E-state index < -0.39 is 0 Å². The van der Waals surface area contributed by atoms with Gasteiger partial charge < -0.3 is 14.9 Å². The Morgan fingerprint density at radius 3 is 2.25 bits per heavy atom. The van der Waals surface area contributed by atoms with Crippen LogP contribution in [0.2, 0.25) is 0 Å². The molecule has 3 nitrogen and oxygen atoms in total. The highest BCUT2D eigenvalue weighted by atomic mass is 32.2. The first-order chi connectivity index (χ1) is 9.23. The van der Waals surface area contributed by atoms with Crippen LogP contribution in [-0.4, -0.2) is 47.4 Å². The van der Waals surface area contributed by atoms with Crippen LogP contribution in [0.5, 0.6) is 5.75 Å². The Morgan fingerprint density at radius 2 is 1.75 bits per heavy atom. The van der Waals surface area contributed by atoms with Crippen molar-refractivity contribution in [3.63, 3.8) is 0 Å². The minimum absolute atomic E-state index is 0.417. The van der Waals surface area contributed by atoms with E-state index in [1.54, 1.807) is 11.8 Å². The molecule has 0 unspecified atom stereocenters. The van der Waals surface area contributed by atoms with E-state index in [1.807, 2.05) is 40.0 Å². The van der Waals surface area contributed by atoms with E-state index in [4.69, 9.17) is 12.2 Å². The molecule has 0 bridgehead atoms. The van der Waals surface area contributed by atoms with E-state index in [9.17, 15) is 5.11 Å². The van der Waals surface area contributed by atoms with Crippen LogP contribution in [0.4, 0.5) is 0 Å². The summed E-state index contributed by atoms with van der Waals surface area (Å²) in [5, 5.41) is 10.2. The lowest BCUT2D eigenvalue weighted by molar-refractivity contribution is 0.384. The topological polar surface area (TPSA) is 26.7 Å².